The Hall–Kier alpha value is -6.26. The fourth-order valence-corrected chi connectivity index (χ4v) is 13.6. The molecular weight excluding hydrogens is 1000 g/mol. The van der Waals surface area contributed by atoms with Gasteiger partial charge in [0.25, 0.3) is 0 Å². The first-order chi connectivity index (χ1) is 40.1. The molecule has 82 heavy (non-hydrogen) atoms. The summed E-state index contributed by atoms with van der Waals surface area (Å²) in [6, 6.07) is 56.2. The zero-order chi connectivity index (χ0) is 57.6. The Morgan fingerprint density at radius 1 is 0.293 bits per heavy atom. The van der Waals surface area contributed by atoms with Crippen molar-refractivity contribution in [3.05, 3.63) is 201 Å². The van der Waals surface area contributed by atoms with E-state index in [2.05, 4.69) is 215 Å². The number of hydrogen-bond acceptors (Lipinski definition) is 4. The Bertz CT molecular complexity index is 2770. The second-order valence-electron chi connectivity index (χ2n) is 24.5. The highest BCUT2D eigenvalue weighted by Gasteiger charge is 2.51. The van der Waals surface area contributed by atoms with E-state index in [0.29, 0.717) is 23.7 Å². The van der Waals surface area contributed by atoms with Crippen molar-refractivity contribution in [2.45, 2.75) is 183 Å². The molecule has 0 bridgehead atoms. The third kappa shape index (κ3) is 12.6. The standard InChI is InChI=1S/C78H98O4/c1-11-19-23-57(15-5)51-79-65-37-29-61(30-38-65)77(62-31-39-66(40-32-62)80-52-58(16-6)24-20-12-2)73-47-55(9)27-45-69(73)71-50-76-72(49-75(71)77)70-46-28-56(10)48-74(70)78(76,63-33-41-67(42-34-63)81-53-59(17-7)25-21-13-3)64-35-43-68(44-36-64)82-54-60(18-8)26-22-14-4/h27-50,57-60H,11-26,51-54H2,1-10H3. The van der Waals surface area contributed by atoms with Crippen LogP contribution in [0.2, 0.25) is 0 Å². The number of aryl methyl sites for hydroxylation is 2. The van der Waals surface area contributed by atoms with Crippen molar-refractivity contribution in [2.24, 2.45) is 23.7 Å². The quantitative estimate of drug-likeness (QED) is 0.0421. The summed E-state index contributed by atoms with van der Waals surface area (Å²) >= 11 is 0. The van der Waals surface area contributed by atoms with Gasteiger partial charge in [0.2, 0.25) is 0 Å². The van der Waals surface area contributed by atoms with Gasteiger partial charge < -0.3 is 18.9 Å². The maximum absolute atomic E-state index is 6.65. The predicted octanol–water partition coefficient (Wildman–Crippen LogP) is 21.4. The normalized spacial score (nSPS) is 17.3. The largest absolute Gasteiger partial charge is 0.493 e. The summed E-state index contributed by atoms with van der Waals surface area (Å²) in [5, 5.41) is 0. The van der Waals surface area contributed by atoms with E-state index in [4.69, 9.17) is 18.9 Å². The van der Waals surface area contributed by atoms with Crippen LogP contribution in [-0.4, -0.2) is 26.4 Å². The fourth-order valence-electron chi connectivity index (χ4n) is 13.6. The molecule has 0 N–H and O–H groups in total. The van der Waals surface area contributed by atoms with Gasteiger partial charge in [0.15, 0.2) is 0 Å². The molecular formula is C78H98O4. The lowest BCUT2D eigenvalue weighted by molar-refractivity contribution is 0.233. The van der Waals surface area contributed by atoms with Crippen molar-refractivity contribution in [2.75, 3.05) is 26.4 Å². The van der Waals surface area contributed by atoms with Crippen molar-refractivity contribution < 1.29 is 18.9 Å². The molecule has 0 aliphatic heterocycles. The molecule has 0 aromatic heterocycles. The maximum Gasteiger partial charge on any atom is 0.119 e. The van der Waals surface area contributed by atoms with E-state index in [1.54, 1.807) is 0 Å². The Morgan fingerprint density at radius 3 is 0.768 bits per heavy atom. The summed E-state index contributed by atoms with van der Waals surface area (Å²) in [4.78, 5) is 0. The summed E-state index contributed by atoms with van der Waals surface area (Å²) < 4.78 is 26.6. The molecule has 2 aliphatic carbocycles. The van der Waals surface area contributed by atoms with Crippen molar-refractivity contribution in [3.63, 3.8) is 0 Å². The Labute approximate surface area is 495 Å². The van der Waals surface area contributed by atoms with Crippen LogP contribution in [0.25, 0.3) is 22.3 Å². The number of rotatable bonds is 32. The minimum Gasteiger partial charge on any atom is -0.493 e. The highest BCUT2D eigenvalue weighted by atomic mass is 16.5. The van der Waals surface area contributed by atoms with Gasteiger partial charge in [-0.2, -0.15) is 0 Å². The molecule has 0 amide bonds. The summed E-state index contributed by atoms with van der Waals surface area (Å²) in [5.74, 6) is 5.88. The van der Waals surface area contributed by atoms with Gasteiger partial charge in [-0.1, -0.05) is 228 Å². The zero-order valence-corrected chi connectivity index (χ0v) is 51.9. The van der Waals surface area contributed by atoms with Gasteiger partial charge in [0, 0.05) is 0 Å². The molecule has 7 aromatic carbocycles. The molecule has 4 unspecified atom stereocenters. The lowest BCUT2D eigenvalue weighted by Crippen LogP contribution is -2.30. The van der Waals surface area contributed by atoms with E-state index in [1.807, 2.05) is 0 Å². The minimum atomic E-state index is -0.655. The highest BCUT2D eigenvalue weighted by molar-refractivity contribution is 5.95. The van der Waals surface area contributed by atoms with Crippen molar-refractivity contribution in [1.82, 2.24) is 0 Å². The van der Waals surface area contributed by atoms with E-state index < -0.39 is 10.8 Å². The van der Waals surface area contributed by atoms with Crippen molar-refractivity contribution in [3.8, 4) is 45.3 Å². The first-order valence-electron chi connectivity index (χ1n) is 32.4. The van der Waals surface area contributed by atoms with Crippen LogP contribution >= 0.6 is 0 Å². The van der Waals surface area contributed by atoms with Crippen molar-refractivity contribution >= 4 is 0 Å². The van der Waals surface area contributed by atoms with Crippen LogP contribution in [-0.2, 0) is 10.8 Å². The predicted molar refractivity (Wildman–Crippen MR) is 346 cm³/mol. The molecule has 434 valence electrons. The fraction of sp³-hybridized carbons (Fsp3) is 0.462. The molecule has 4 nitrogen and oxygen atoms in total. The molecule has 0 saturated carbocycles. The number of ether oxygens (including phenoxy) is 4. The first kappa shape index (κ1) is 60.3. The Balaban J connectivity index is 1.24. The van der Waals surface area contributed by atoms with Crippen LogP contribution < -0.4 is 18.9 Å². The van der Waals surface area contributed by atoms with E-state index >= 15 is 0 Å². The average Bonchev–Trinajstić information content (AvgIpc) is 1.74. The maximum atomic E-state index is 6.65. The van der Waals surface area contributed by atoms with Gasteiger partial charge in [0.1, 0.15) is 23.0 Å². The second-order valence-corrected chi connectivity index (χ2v) is 24.5. The second kappa shape index (κ2) is 28.3. The third-order valence-corrected chi connectivity index (χ3v) is 19.0. The van der Waals surface area contributed by atoms with Gasteiger partial charge in [-0.3, -0.25) is 0 Å². The molecule has 2 aliphatic rings. The smallest absolute Gasteiger partial charge is 0.119 e. The molecule has 9 rings (SSSR count). The van der Waals surface area contributed by atoms with E-state index in [-0.39, 0.29) is 0 Å². The number of benzene rings is 7. The van der Waals surface area contributed by atoms with E-state index in [1.165, 1.54) is 155 Å². The Morgan fingerprint density at radius 2 is 0.537 bits per heavy atom. The lowest BCUT2D eigenvalue weighted by Gasteiger charge is -2.36. The molecule has 0 saturated heterocycles. The van der Waals surface area contributed by atoms with Gasteiger partial charge in [0.05, 0.1) is 37.3 Å². The average molecular weight is 1100 g/mol. The van der Waals surface area contributed by atoms with Gasteiger partial charge in [-0.25, -0.2) is 0 Å². The van der Waals surface area contributed by atoms with Crippen LogP contribution in [0.15, 0.2) is 146 Å². The van der Waals surface area contributed by atoms with Crippen LogP contribution in [0.5, 0.6) is 23.0 Å². The monoisotopic (exact) mass is 1100 g/mol. The van der Waals surface area contributed by atoms with Crippen LogP contribution in [0.3, 0.4) is 0 Å². The molecule has 7 aromatic rings. The van der Waals surface area contributed by atoms with Gasteiger partial charge in [-0.15, -0.1) is 0 Å². The minimum absolute atomic E-state index is 0.545. The summed E-state index contributed by atoms with van der Waals surface area (Å²) in [5.41, 5.74) is 16.3. The number of unbranched alkanes of at least 4 members (excludes halogenated alkanes) is 4. The van der Waals surface area contributed by atoms with Gasteiger partial charge in [-0.05, 0) is 191 Å². The van der Waals surface area contributed by atoms with Crippen LogP contribution in [0, 0.1) is 37.5 Å². The molecule has 0 heterocycles. The molecule has 4 heteroatoms. The summed E-state index contributed by atoms with van der Waals surface area (Å²) in [6.45, 7) is 25.7. The summed E-state index contributed by atoms with van der Waals surface area (Å²) in [6.07, 6.45) is 19.0. The molecule has 0 fully saturated rings. The van der Waals surface area contributed by atoms with Crippen LogP contribution in [0.4, 0.5) is 0 Å². The SMILES string of the molecule is CCCCC(CC)COc1ccc(C2(c3ccc(OCC(CC)CCCC)cc3)c3cc(C)ccc3-c3cc4c(cc32)-c2ccc(C)cc2C4(c2ccc(OCC(CC)CCCC)cc2)c2ccc(OCC(CC)CCCC)cc2)cc1. The topological polar surface area (TPSA) is 36.9 Å². The summed E-state index contributed by atoms with van der Waals surface area (Å²) in [7, 11) is 0. The van der Waals surface area contributed by atoms with Crippen LogP contribution in [0.1, 0.15) is 214 Å². The zero-order valence-electron chi connectivity index (χ0n) is 51.9. The van der Waals surface area contributed by atoms with E-state index in [0.717, 1.165) is 75.1 Å². The molecule has 4 atom stereocenters. The van der Waals surface area contributed by atoms with Gasteiger partial charge >= 0.3 is 0 Å². The number of hydrogen-bond donors (Lipinski definition) is 0. The van der Waals surface area contributed by atoms with Crippen molar-refractivity contribution in [1.29, 1.82) is 0 Å². The highest BCUT2D eigenvalue weighted by Crippen LogP contribution is 2.63. The lowest BCUT2D eigenvalue weighted by atomic mass is 9.65. The molecule has 0 spiro atoms. The number of fused-ring (bicyclic) bond motifs is 6. The third-order valence-electron chi connectivity index (χ3n) is 19.0. The molecule has 0 radical (unpaired) electrons. The van der Waals surface area contributed by atoms with E-state index in [9.17, 15) is 0 Å². The first-order valence-corrected chi connectivity index (χ1v) is 32.4. The Kier molecular flexibility index (Phi) is 20.9.